The van der Waals surface area contributed by atoms with Crippen LogP contribution in [-0.4, -0.2) is 41.1 Å². The molecule has 1 fully saturated rings. The summed E-state index contributed by atoms with van der Waals surface area (Å²) < 4.78 is 5.90. The molecule has 0 aromatic heterocycles. The summed E-state index contributed by atoms with van der Waals surface area (Å²) in [5.74, 6) is -0.182. The zero-order valence-corrected chi connectivity index (χ0v) is 13.2. The Bertz CT molecular complexity index is 729. The molecule has 3 rings (SSSR count). The number of hydrogen-bond acceptors (Lipinski definition) is 3. The van der Waals surface area contributed by atoms with Crippen LogP contribution in [0.1, 0.15) is 22.3 Å². The molecule has 1 aliphatic rings. The lowest BCUT2D eigenvalue weighted by Crippen LogP contribution is -2.31. The van der Waals surface area contributed by atoms with Crippen molar-refractivity contribution < 1.29 is 19.4 Å². The minimum Gasteiger partial charge on any atom is -0.489 e. The third-order valence-corrected chi connectivity index (χ3v) is 4.01. The summed E-state index contributed by atoms with van der Waals surface area (Å²) in [6.07, 6.45) is 0.689. The van der Waals surface area contributed by atoms with Crippen molar-refractivity contribution >= 4 is 11.9 Å². The number of likely N-dealkylation sites (tertiary alicyclic amines) is 1. The standard InChI is InChI=1S/C19H19NO4/c21-18(22)12-14-5-4-6-15(11-14)19(23)20-10-9-17(13-20)24-16-7-2-1-3-8-16/h1-8,11,17H,9-10,12-13H2,(H,21,22)/t17-/m1/s1. The van der Waals surface area contributed by atoms with E-state index in [9.17, 15) is 9.59 Å². The highest BCUT2D eigenvalue weighted by atomic mass is 16.5. The van der Waals surface area contributed by atoms with Gasteiger partial charge in [0, 0.05) is 18.5 Å². The molecule has 0 aliphatic carbocycles. The van der Waals surface area contributed by atoms with Crippen LogP contribution in [0.3, 0.4) is 0 Å². The number of aliphatic carboxylic acids is 1. The first-order chi connectivity index (χ1) is 11.6. The number of carbonyl (C=O) groups excluding carboxylic acids is 1. The van der Waals surface area contributed by atoms with Gasteiger partial charge in [0.05, 0.1) is 13.0 Å². The monoisotopic (exact) mass is 325 g/mol. The number of amides is 1. The topological polar surface area (TPSA) is 66.8 Å². The van der Waals surface area contributed by atoms with E-state index in [2.05, 4.69) is 0 Å². The number of carboxylic acid groups (broad SMARTS) is 1. The first-order valence-electron chi connectivity index (χ1n) is 7.93. The Morgan fingerprint density at radius 1 is 1.12 bits per heavy atom. The van der Waals surface area contributed by atoms with Gasteiger partial charge in [0.1, 0.15) is 11.9 Å². The molecular weight excluding hydrogens is 306 g/mol. The fraction of sp³-hybridized carbons (Fsp3) is 0.263. The lowest BCUT2D eigenvalue weighted by molar-refractivity contribution is -0.136. The van der Waals surface area contributed by atoms with Gasteiger partial charge in [-0.25, -0.2) is 0 Å². The van der Waals surface area contributed by atoms with Crippen molar-refractivity contribution in [1.82, 2.24) is 4.90 Å². The van der Waals surface area contributed by atoms with Crippen molar-refractivity contribution in [2.45, 2.75) is 18.9 Å². The van der Waals surface area contributed by atoms with Crippen LogP contribution in [0.25, 0.3) is 0 Å². The maximum atomic E-state index is 12.6. The first-order valence-corrected chi connectivity index (χ1v) is 7.93. The van der Waals surface area contributed by atoms with Crippen molar-refractivity contribution in [1.29, 1.82) is 0 Å². The average Bonchev–Trinajstić information content (AvgIpc) is 3.03. The van der Waals surface area contributed by atoms with Crippen LogP contribution in [0.4, 0.5) is 0 Å². The van der Waals surface area contributed by atoms with Crippen LogP contribution >= 0.6 is 0 Å². The van der Waals surface area contributed by atoms with E-state index < -0.39 is 5.97 Å². The lowest BCUT2D eigenvalue weighted by Gasteiger charge is -2.17. The highest BCUT2D eigenvalue weighted by molar-refractivity contribution is 5.94. The van der Waals surface area contributed by atoms with E-state index in [0.29, 0.717) is 24.2 Å². The second-order valence-electron chi connectivity index (χ2n) is 5.86. The first kappa shape index (κ1) is 16.1. The highest BCUT2D eigenvalue weighted by Gasteiger charge is 2.28. The Kier molecular flexibility index (Phi) is 4.79. The molecule has 0 bridgehead atoms. The minimum atomic E-state index is -0.905. The van der Waals surface area contributed by atoms with Gasteiger partial charge in [0.15, 0.2) is 0 Å². The molecule has 0 unspecified atom stereocenters. The van der Waals surface area contributed by atoms with E-state index >= 15 is 0 Å². The Morgan fingerprint density at radius 2 is 1.92 bits per heavy atom. The molecule has 24 heavy (non-hydrogen) atoms. The number of nitrogens with zero attached hydrogens (tertiary/aromatic N) is 1. The third-order valence-electron chi connectivity index (χ3n) is 4.01. The zero-order valence-electron chi connectivity index (χ0n) is 13.2. The Labute approximate surface area is 140 Å². The average molecular weight is 325 g/mol. The minimum absolute atomic E-state index is 0.0152. The van der Waals surface area contributed by atoms with Gasteiger partial charge in [-0.3, -0.25) is 9.59 Å². The summed E-state index contributed by atoms with van der Waals surface area (Å²) >= 11 is 0. The fourth-order valence-corrected chi connectivity index (χ4v) is 2.87. The van der Waals surface area contributed by atoms with E-state index in [-0.39, 0.29) is 18.4 Å². The van der Waals surface area contributed by atoms with Crippen molar-refractivity contribution in [3.05, 3.63) is 65.7 Å². The molecule has 1 atom stereocenters. The number of hydrogen-bond donors (Lipinski definition) is 1. The molecule has 1 N–H and O–H groups in total. The quantitative estimate of drug-likeness (QED) is 0.917. The van der Waals surface area contributed by atoms with E-state index in [0.717, 1.165) is 12.2 Å². The van der Waals surface area contributed by atoms with Crippen molar-refractivity contribution in [3.8, 4) is 5.75 Å². The molecule has 0 spiro atoms. The van der Waals surface area contributed by atoms with Crippen molar-refractivity contribution in [2.24, 2.45) is 0 Å². The van der Waals surface area contributed by atoms with Gasteiger partial charge >= 0.3 is 5.97 Å². The number of benzene rings is 2. The predicted octanol–water partition coefficient (Wildman–Crippen LogP) is 2.61. The summed E-state index contributed by atoms with van der Waals surface area (Å²) in [5.41, 5.74) is 1.15. The zero-order chi connectivity index (χ0) is 16.9. The van der Waals surface area contributed by atoms with Gasteiger partial charge in [-0.2, -0.15) is 0 Å². The fourth-order valence-electron chi connectivity index (χ4n) is 2.87. The van der Waals surface area contributed by atoms with Gasteiger partial charge in [-0.1, -0.05) is 30.3 Å². The molecule has 1 heterocycles. The van der Waals surface area contributed by atoms with Gasteiger partial charge in [-0.05, 0) is 29.8 Å². The molecule has 5 heteroatoms. The van der Waals surface area contributed by atoms with Crippen LogP contribution in [0.2, 0.25) is 0 Å². The van der Waals surface area contributed by atoms with E-state index in [4.69, 9.17) is 9.84 Å². The molecule has 2 aromatic carbocycles. The Balaban J connectivity index is 1.63. The van der Waals surface area contributed by atoms with Crippen LogP contribution in [0, 0.1) is 0 Å². The second kappa shape index (κ2) is 7.17. The molecular formula is C19H19NO4. The normalized spacial score (nSPS) is 16.8. The van der Waals surface area contributed by atoms with Crippen molar-refractivity contribution in [3.63, 3.8) is 0 Å². The number of carboxylic acids is 1. The van der Waals surface area contributed by atoms with E-state index in [1.807, 2.05) is 30.3 Å². The maximum Gasteiger partial charge on any atom is 0.307 e. The summed E-state index contributed by atoms with van der Waals surface area (Å²) in [4.78, 5) is 25.2. The molecule has 1 amide bonds. The molecule has 124 valence electrons. The number of para-hydroxylation sites is 1. The lowest BCUT2D eigenvalue weighted by atomic mass is 10.1. The molecule has 0 saturated carbocycles. The van der Waals surface area contributed by atoms with Crippen LogP contribution in [-0.2, 0) is 11.2 Å². The van der Waals surface area contributed by atoms with E-state index in [1.54, 1.807) is 29.2 Å². The largest absolute Gasteiger partial charge is 0.489 e. The van der Waals surface area contributed by atoms with Gasteiger partial charge < -0.3 is 14.7 Å². The summed E-state index contributed by atoms with van der Waals surface area (Å²) in [7, 11) is 0. The van der Waals surface area contributed by atoms with Gasteiger partial charge in [-0.15, -0.1) is 0 Å². The maximum absolute atomic E-state index is 12.6. The number of rotatable bonds is 5. The Morgan fingerprint density at radius 3 is 2.67 bits per heavy atom. The highest BCUT2D eigenvalue weighted by Crippen LogP contribution is 2.20. The van der Waals surface area contributed by atoms with Gasteiger partial charge in [0.2, 0.25) is 0 Å². The van der Waals surface area contributed by atoms with Gasteiger partial charge in [0.25, 0.3) is 5.91 Å². The Hall–Kier alpha value is -2.82. The molecule has 1 saturated heterocycles. The number of carbonyl (C=O) groups is 2. The molecule has 0 radical (unpaired) electrons. The number of ether oxygens (including phenoxy) is 1. The van der Waals surface area contributed by atoms with Crippen LogP contribution in [0.15, 0.2) is 54.6 Å². The van der Waals surface area contributed by atoms with E-state index in [1.165, 1.54) is 0 Å². The van der Waals surface area contributed by atoms with Crippen LogP contribution < -0.4 is 4.74 Å². The predicted molar refractivity (Wildman–Crippen MR) is 89.2 cm³/mol. The molecule has 5 nitrogen and oxygen atoms in total. The molecule has 1 aliphatic heterocycles. The smallest absolute Gasteiger partial charge is 0.307 e. The summed E-state index contributed by atoms with van der Waals surface area (Å²) in [5, 5.41) is 8.87. The SMILES string of the molecule is O=C(O)Cc1cccc(C(=O)N2CC[C@@H](Oc3ccccc3)C2)c1. The summed E-state index contributed by atoms with van der Waals surface area (Å²) in [6.45, 7) is 1.18. The van der Waals surface area contributed by atoms with Crippen molar-refractivity contribution in [2.75, 3.05) is 13.1 Å². The van der Waals surface area contributed by atoms with Crippen LogP contribution in [0.5, 0.6) is 5.75 Å². The third kappa shape index (κ3) is 3.93. The molecule has 2 aromatic rings. The summed E-state index contributed by atoms with van der Waals surface area (Å²) in [6, 6.07) is 16.4. The second-order valence-corrected chi connectivity index (χ2v) is 5.86.